The minimum Gasteiger partial charge on any atom is -0.329 e. The van der Waals surface area contributed by atoms with Crippen LogP contribution in [-0.2, 0) is 22.9 Å². The van der Waals surface area contributed by atoms with Crippen LogP contribution in [0.5, 0.6) is 0 Å². The predicted octanol–water partition coefficient (Wildman–Crippen LogP) is 5.87. The number of rotatable bonds is 8. The quantitative estimate of drug-likeness (QED) is 0.295. The minimum atomic E-state index is -4.18. The number of hydrogen-bond donors (Lipinski definition) is 2. The van der Waals surface area contributed by atoms with E-state index in [0.717, 1.165) is 23.6 Å². The van der Waals surface area contributed by atoms with Gasteiger partial charge >= 0.3 is 6.03 Å². The molecule has 1 atom stereocenters. The number of nitrogens with one attached hydrogen (secondary N) is 2. The molecule has 0 saturated heterocycles. The number of carbonyl (C=O) groups excluding carboxylic acids is 1. The number of pyridine rings is 1. The van der Waals surface area contributed by atoms with Crippen molar-refractivity contribution in [2.75, 3.05) is 0 Å². The van der Waals surface area contributed by atoms with Gasteiger partial charge in [0.1, 0.15) is 11.6 Å². The Morgan fingerprint density at radius 1 is 0.921 bits per heavy atom. The molecule has 0 radical (unpaired) electrons. The standard InChI is InChI=1S/C29H27F2N3O3S/c1-3-20-9-6-10-22(14-20)25-11-7-13-32-28(25)26(17-21-15-23(30)18-24(31)16-21)33-29(35)34-38(36,37)27-12-5-4-8-19(27)2/h4-16,18,26H,3,17H2,1-2H3,(H2,33,34,35)/t26-/m0/s1. The number of halogens is 2. The lowest BCUT2D eigenvalue weighted by atomic mass is 9.94. The van der Waals surface area contributed by atoms with Crippen LogP contribution in [0.1, 0.15) is 35.3 Å². The largest absolute Gasteiger partial charge is 0.329 e. The van der Waals surface area contributed by atoms with E-state index in [1.807, 2.05) is 42.0 Å². The highest BCUT2D eigenvalue weighted by molar-refractivity contribution is 7.90. The van der Waals surface area contributed by atoms with Crippen LogP contribution in [0.15, 0.2) is 90.0 Å². The van der Waals surface area contributed by atoms with Gasteiger partial charge in [0, 0.05) is 17.8 Å². The second kappa shape index (κ2) is 11.5. The van der Waals surface area contributed by atoms with Gasteiger partial charge in [-0.3, -0.25) is 4.98 Å². The van der Waals surface area contributed by atoms with Crippen LogP contribution in [0.3, 0.4) is 0 Å². The summed E-state index contributed by atoms with van der Waals surface area (Å²) in [6.07, 6.45) is 2.32. The maximum atomic E-state index is 14.0. The van der Waals surface area contributed by atoms with Crippen LogP contribution in [0.25, 0.3) is 11.1 Å². The number of urea groups is 1. The molecule has 0 unspecified atom stereocenters. The zero-order chi connectivity index (χ0) is 27.3. The second-order valence-electron chi connectivity index (χ2n) is 8.87. The van der Waals surface area contributed by atoms with Gasteiger partial charge in [-0.1, -0.05) is 55.5 Å². The van der Waals surface area contributed by atoms with Crippen LogP contribution in [0.2, 0.25) is 0 Å². The molecule has 6 nitrogen and oxygen atoms in total. The summed E-state index contributed by atoms with van der Waals surface area (Å²) in [7, 11) is -4.18. The predicted molar refractivity (Wildman–Crippen MR) is 142 cm³/mol. The summed E-state index contributed by atoms with van der Waals surface area (Å²) in [6.45, 7) is 3.66. The number of sulfonamides is 1. The lowest BCUT2D eigenvalue weighted by molar-refractivity contribution is 0.242. The van der Waals surface area contributed by atoms with Crippen molar-refractivity contribution < 1.29 is 22.0 Å². The van der Waals surface area contributed by atoms with Crippen molar-refractivity contribution in [2.24, 2.45) is 0 Å². The summed E-state index contributed by atoms with van der Waals surface area (Å²) < 4.78 is 55.8. The van der Waals surface area contributed by atoms with Crippen molar-refractivity contribution in [1.29, 1.82) is 0 Å². The topological polar surface area (TPSA) is 88.2 Å². The van der Waals surface area contributed by atoms with Crippen LogP contribution in [0.4, 0.5) is 13.6 Å². The average molecular weight is 536 g/mol. The first-order valence-corrected chi connectivity index (χ1v) is 13.5. The molecule has 9 heteroatoms. The minimum absolute atomic E-state index is 0.0335. The number of aromatic nitrogens is 1. The molecular weight excluding hydrogens is 508 g/mol. The molecule has 4 rings (SSSR count). The van der Waals surface area contributed by atoms with Crippen molar-refractivity contribution in [3.05, 3.63) is 119 Å². The van der Waals surface area contributed by atoms with E-state index >= 15 is 0 Å². The lowest BCUT2D eigenvalue weighted by Gasteiger charge is -2.22. The summed E-state index contributed by atoms with van der Waals surface area (Å²) in [4.78, 5) is 17.5. The fraction of sp³-hybridized carbons (Fsp3) is 0.172. The Labute approximate surface area is 220 Å². The van der Waals surface area contributed by atoms with Gasteiger partial charge in [-0.2, -0.15) is 0 Å². The van der Waals surface area contributed by atoms with E-state index in [9.17, 15) is 22.0 Å². The molecule has 0 aliphatic rings. The van der Waals surface area contributed by atoms with Gasteiger partial charge in [0.15, 0.2) is 0 Å². The number of nitrogens with zero attached hydrogens (tertiary/aromatic N) is 1. The van der Waals surface area contributed by atoms with Crippen molar-refractivity contribution in [1.82, 2.24) is 15.0 Å². The Morgan fingerprint density at radius 3 is 2.37 bits per heavy atom. The third-order valence-electron chi connectivity index (χ3n) is 6.09. The van der Waals surface area contributed by atoms with Crippen molar-refractivity contribution in [3.63, 3.8) is 0 Å². The molecule has 2 amide bonds. The molecule has 0 aliphatic heterocycles. The van der Waals surface area contributed by atoms with Gasteiger partial charge in [0.05, 0.1) is 16.6 Å². The third kappa shape index (κ3) is 6.41. The molecular formula is C29H27F2N3O3S. The Bertz CT molecular complexity index is 1550. The normalized spacial score (nSPS) is 12.1. The van der Waals surface area contributed by atoms with E-state index in [1.165, 1.54) is 18.2 Å². The van der Waals surface area contributed by atoms with E-state index in [-0.39, 0.29) is 16.9 Å². The summed E-state index contributed by atoms with van der Waals surface area (Å²) in [5.41, 5.74) is 3.81. The summed E-state index contributed by atoms with van der Waals surface area (Å²) in [6, 6.07) is 18.9. The van der Waals surface area contributed by atoms with Crippen molar-refractivity contribution in [3.8, 4) is 11.1 Å². The second-order valence-corrected chi connectivity index (χ2v) is 10.5. The monoisotopic (exact) mass is 535 g/mol. The van der Waals surface area contributed by atoms with Crippen molar-refractivity contribution in [2.45, 2.75) is 37.6 Å². The maximum absolute atomic E-state index is 14.0. The van der Waals surface area contributed by atoms with Gasteiger partial charge in [-0.05, 0) is 66.3 Å². The molecule has 196 valence electrons. The van der Waals surface area contributed by atoms with Gasteiger partial charge in [0.25, 0.3) is 10.0 Å². The Balaban J connectivity index is 1.72. The zero-order valence-corrected chi connectivity index (χ0v) is 21.7. The van der Waals surface area contributed by atoms with Crippen LogP contribution < -0.4 is 10.0 Å². The maximum Gasteiger partial charge on any atom is 0.329 e. The molecule has 1 aromatic heterocycles. The van der Waals surface area contributed by atoms with E-state index in [0.29, 0.717) is 16.8 Å². The van der Waals surface area contributed by atoms with Crippen LogP contribution >= 0.6 is 0 Å². The Hall–Kier alpha value is -4.11. The number of benzene rings is 3. The fourth-order valence-electron chi connectivity index (χ4n) is 4.30. The van der Waals surface area contributed by atoms with Crippen LogP contribution in [0, 0.1) is 18.6 Å². The fourth-order valence-corrected chi connectivity index (χ4v) is 5.46. The first-order chi connectivity index (χ1) is 18.2. The zero-order valence-electron chi connectivity index (χ0n) is 20.9. The molecule has 0 aliphatic carbocycles. The van der Waals surface area contributed by atoms with E-state index in [4.69, 9.17) is 0 Å². The van der Waals surface area contributed by atoms with Gasteiger partial charge in [-0.25, -0.2) is 26.7 Å². The van der Waals surface area contributed by atoms with Gasteiger partial charge in [0.2, 0.25) is 0 Å². The van der Waals surface area contributed by atoms with Gasteiger partial charge < -0.3 is 5.32 Å². The average Bonchev–Trinajstić information content (AvgIpc) is 2.87. The lowest BCUT2D eigenvalue weighted by Crippen LogP contribution is -2.42. The van der Waals surface area contributed by atoms with E-state index in [2.05, 4.69) is 10.3 Å². The first kappa shape index (κ1) is 26.9. The molecule has 2 N–H and O–H groups in total. The molecule has 0 spiro atoms. The molecule has 4 aromatic rings. The Kier molecular flexibility index (Phi) is 8.16. The molecule has 38 heavy (non-hydrogen) atoms. The highest BCUT2D eigenvalue weighted by Gasteiger charge is 2.25. The summed E-state index contributed by atoms with van der Waals surface area (Å²) >= 11 is 0. The molecule has 0 fully saturated rings. The van der Waals surface area contributed by atoms with Crippen molar-refractivity contribution >= 4 is 16.1 Å². The summed E-state index contributed by atoms with van der Waals surface area (Å²) in [5.74, 6) is -1.52. The highest BCUT2D eigenvalue weighted by Crippen LogP contribution is 2.30. The Morgan fingerprint density at radius 2 is 1.66 bits per heavy atom. The number of aryl methyl sites for hydroxylation is 2. The SMILES string of the molecule is CCc1cccc(-c2cccnc2[C@H](Cc2cc(F)cc(F)c2)NC(=O)NS(=O)(=O)c2ccccc2C)c1. The molecule has 0 saturated carbocycles. The van der Waals surface area contributed by atoms with Crippen LogP contribution in [-0.4, -0.2) is 19.4 Å². The molecule has 0 bridgehead atoms. The third-order valence-corrected chi connectivity index (χ3v) is 7.58. The number of amides is 2. The first-order valence-electron chi connectivity index (χ1n) is 12.0. The number of hydrogen-bond acceptors (Lipinski definition) is 4. The smallest absolute Gasteiger partial charge is 0.329 e. The number of carbonyl (C=O) groups is 1. The van der Waals surface area contributed by atoms with E-state index < -0.39 is 33.7 Å². The van der Waals surface area contributed by atoms with E-state index in [1.54, 1.807) is 37.4 Å². The molecule has 3 aromatic carbocycles. The highest BCUT2D eigenvalue weighted by atomic mass is 32.2. The van der Waals surface area contributed by atoms with Gasteiger partial charge in [-0.15, -0.1) is 0 Å². The summed E-state index contributed by atoms with van der Waals surface area (Å²) in [5, 5.41) is 2.67. The molecule has 1 heterocycles.